The molecule has 0 fully saturated rings. The third-order valence-electron chi connectivity index (χ3n) is 9.48. The minimum Gasteiger partial charge on any atom is -0.456 e. The molecule has 0 saturated heterocycles. The van der Waals surface area contributed by atoms with Gasteiger partial charge in [0, 0.05) is 27.5 Å². The van der Waals surface area contributed by atoms with Crippen molar-refractivity contribution in [1.82, 2.24) is 15.0 Å². The lowest BCUT2D eigenvalue weighted by Gasteiger charge is -2.11. The van der Waals surface area contributed by atoms with E-state index < -0.39 is 0 Å². The number of rotatable bonds is 4. The Morgan fingerprint density at radius 3 is 1.71 bits per heavy atom. The monoisotopic (exact) mass is 625 g/mol. The maximum atomic E-state index is 6.20. The van der Waals surface area contributed by atoms with Gasteiger partial charge in [-0.3, -0.25) is 0 Å². The third-order valence-corrected chi connectivity index (χ3v) is 9.48. The molecule has 2 heterocycles. The van der Waals surface area contributed by atoms with Gasteiger partial charge in [-0.2, -0.15) is 0 Å². The van der Waals surface area contributed by atoms with Crippen molar-refractivity contribution in [3.8, 4) is 45.3 Å². The first kappa shape index (κ1) is 27.5. The fraction of sp³-hybridized carbons (Fsp3) is 0. The number of nitrogens with zero attached hydrogens (tertiary/aromatic N) is 3. The van der Waals surface area contributed by atoms with Crippen LogP contribution in [0.3, 0.4) is 0 Å². The highest BCUT2D eigenvalue weighted by Crippen LogP contribution is 2.38. The summed E-state index contributed by atoms with van der Waals surface area (Å²) in [7, 11) is 0. The minimum absolute atomic E-state index is 0.636. The summed E-state index contributed by atoms with van der Waals surface area (Å²) in [5.41, 5.74) is 6.89. The molecular weight excluding hydrogens is 599 g/mol. The number of para-hydroxylation sites is 1. The molecule has 4 heteroatoms. The molecule has 2 aromatic heterocycles. The SMILES string of the molecule is c1ccc(-c2nc(-c3ccc4ccc(-c5cccc6oc7ccccc7c56)cc4c3)nc(-c3ccc4ccc5ccccc5c4c3)n2)cc1. The summed E-state index contributed by atoms with van der Waals surface area (Å²) >= 11 is 0. The van der Waals surface area contributed by atoms with E-state index in [-0.39, 0.29) is 0 Å². The van der Waals surface area contributed by atoms with Crippen molar-refractivity contribution < 1.29 is 4.42 Å². The first-order valence-corrected chi connectivity index (χ1v) is 16.4. The maximum Gasteiger partial charge on any atom is 0.164 e. The van der Waals surface area contributed by atoms with Crippen molar-refractivity contribution in [2.45, 2.75) is 0 Å². The van der Waals surface area contributed by atoms with Gasteiger partial charge in [0.15, 0.2) is 17.5 Å². The summed E-state index contributed by atoms with van der Waals surface area (Å²) in [6.07, 6.45) is 0. The summed E-state index contributed by atoms with van der Waals surface area (Å²) in [6.45, 7) is 0. The molecule has 10 aromatic rings. The van der Waals surface area contributed by atoms with Gasteiger partial charge in [-0.25, -0.2) is 15.0 Å². The second-order valence-electron chi connectivity index (χ2n) is 12.4. The quantitative estimate of drug-likeness (QED) is 0.183. The van der Waals surface area contributed by atoms with E-state index in [0.29, 0.717) is 17.5 Å². The molecule has 0 unspecified atom stereocenters. The van der Waals surface area contributed by atoms with E-state index in [9.17, 15) is 0 Å². The summed E-state index contributed by atoms with van der Waals surface area (Å²) in [5.74, 6) is 1.93. The Labute approximate surface area is 282 Å². The molecular formula is C45H27N3O. The molecule has 0 aliphatic heterocycles. The topological polar surface area (TPSA) is 51.8 Å². The smallest absolute Gasteiger partial charge is 0.164 e. The molecule has 8 aromatic carbocycles. The van der Waals surface area contributed by atoms with Crippen LogP contribution in [0.25, 0.3) is 99.5 Å². The van der Waals surface area contributed by atoms with Gasteiger partial charge in [0.05, 0.1) is 0 Å². The van der Waals surface area contributed by atoms with Crippen molar-refractivity contribution in [2.24, 2.45) is 0 Å². The van der Waals surface area contributed by atoms with Gasteiger partial charge in [-0.15, -0.1) is 0 Å². The largest absolute Gasteiger partial charge is 0.456 e. The standard InChI is InChI=1S/C45H27N3O/c1-2-10-31(11-3-1)43-46-44(48-45(47-43)34-24-21-30-20-19-29-9-4-5-12-36(29)39(30)27-34)33-23-18-28-17-22-32(25-35(28)26-33)37-14-8-16-41-42(37)38-13-6-7-15-40(38)49-41/h1-27H. The van der Waals surface area contributed by atoms with Gasteiger partial charge >= 0.3 is 0 Å². The summed E-state index contributed by atoms with van der Waals surface area (Å²) in [5, 5.41) is 9.30. The van der Waals surface area contributed by atoms with Crippen LogP contribution in [0.1, 0.15) is 0 Å². The lowest BCUT2D eigenvalue weighted by molar-refractivity contribution is 0.669. The number of hydrogen-bond donors (Lipinski definition) is 0. The van der Waals surface area contributed by atoms with Gasteiger partial charge in [0.1, 0.15) is 11.2 Å². The Balaban J connectivity index is 1.14. The molecule has 0 aliphatic rings. The summed E-state index contributed by atoms with van der Waals surface area (Å²) < 4.78 is 6.20. The van der Waals surface area contributed by atoms with E-state index in [1.54, 1.807) is 0 Å². The van der Waals surface area contributed by atoms with Crippen LogP contribution in [0.15, 0.2) is 168 Å². The molecule has 0 amide bonds. The Morgan fingerprint density at radius 2 is 0.898 bits per heavy atom. The van der Waals surface area contributed by atoms with Gasteiger partial charge in [0.2, 0.25) is 0 Å². The number of aromatic nitrogens is 3. The molecule has 0 atom stereocenters. The lowest BCUT2D eigenvalue weighted by atomic mass is 9.96. The second-order valence-corrected chi connectivity index (χ2v) is 12.4. The highest BCUT2D eigenvalue weighted by atomic mass is 16.3. The van der Waals surface area contributed by atoms with Gasteiger partial charge < -0.3 is 4.42 Å². The summed E-state index contributed by atoms with van der Waals surface area (Å²) in [6, 6.07) is 57.0. The van der Waals surface area contributed by atoms with Crippen LogP contribution in [0.4, 0.5) is 0 Å². The zero-order chi connectivity index (χ0) is 32.3. The van der Waals surface area contributed by atoms with Crippen molar-refractivity contribution in [3.63, 3.8) is 0 Å². The predicted molar refractivity (Wildman–Crippen MR) is 201 cm³/mol. The average Bonchev–Trinajstić information content (AvgIpc) is 3.56. The van der Waals surface area contributed by atoms with Crippen LogP contribution in [0.5, 0.6) is 0 Å². The molecule has 49 heavy (non-hydrogen) atoms. The van der Waals surface area contributed by atoms with Crippen LogP contribution in [-0.4, -0.2) is 15.0 Å². The first-order chi connectivity index (χ1) is 24.2. The average molecular weight is 626 g/mol. The molecule has 0 radical (unpaired) electrons. The molecule has 0 bridgehead atoms. The van der Waals surface area contributed by atoms with E-state index in [4.69, 9.17) is 19.4 Å². The molecule has 0 N–H and O–H groups in total. The molecule has 0 saturated carbocycles. The van der Waals surface area contributed by atoms with Crippen LogP contribution in [0.2, 0.25) is 0 Å². The number of fused-ring (bicyclic) bond motifs is 7. The zero-order valence-electron chi connectivity index (χ0n) is 26.3. The van der Waals surface area contributed by atoms with E-state index in [1.165, 1.54) is 21.5 Å². The number of furan rings is 1. The molecule has 228 valence electrons. The van der Waals surface area contributed by atoms with Crippen molar-refractivity contribution >= 4 is 54.3 Å². The Hall–Kier alpha value is -6.65. The van der Waals surface area contributed by atoms with Crippen LogP contribution in [0, 0.1) is 0 Å². The van der Waals surface area contributed by atoms with E-state index >= 15 is 0 Å². The molecule has 0 aliphatic carbocycles. The van der Waals surface area contributed by atoms with Crippen molar-refractivity contribution in [3.05, 3.63) is 164 Å². The van der Waals surface area contributed by atoms with E-state index in [2.05, 4.69) is 115 Å². The highest BCUT2D eigenvalue weighted by molar-refractivity contribution is 6.13. The Kier molecular flexibility index (Phi) is 6.15. The van der Waals surface area contributed by atoms with Crippen molar-refractivity contribution in [1.29, 1.82) is 0 Å². The number of hydrogen-bond acceptors (Lipinski definition) is 4. The highest BCUT2D eigenvalue weighted by Gasteiger charge is 2.15. The van der Waals surface area contributed by atoms with Crippen LogP contribution >= 0.6 is 0 Å². The van der Waals surface area contributed by atoms with Crippen LogP contribution in [-0.2, 0) is 0 Å². The van der Waals surface area contributed by atoms with Gasteiger partial charge in [0.25, 0.3) is 0 Å². The van der Waals surface area contributed by atoms with Crippen molar-refractivity contribution in [2.75, 3.05) is 0 Å². The lowest BCUT2D eigenvalue weighted by Crippen LogP contribution is -2.00. The third kappa shape index (κ3) is 4.65. The first-order valence-electron chi connectivity index (χ1n) is 16.4. The number of benzene rings is 8. The van der Waals surface area contributed by atoms with Gasteiger partial charge in [-0.1, -0.05) is 133 Å². The fourth-order valence-electron chi connectivity index (χ4n) is 7.06. The molecule has 10 rings (SSSR count). The Bertz CT molecular complexity index is 2890. The maximum absolute atomic E-state index is 6.20. The fourth-order valence-corrected chi connectivity index (χ4v) is 7.06. The predicted octanol–water partition coefficient (Wildman–Crippen LogP) is 11.9. The van der Waals surface area contributed by atoms with E-state index in [0.717, 1.165) is 60.5 Å². The second kappa shape index (κ2) is 11.0. The van der Waals surface area contributed by atoms with E-state index in [1.807, 2.05) is 48.5 Å². The molecule has 0 spiro atoms. The van der Waals surface area contributed by atoms with Crippen LogP contribution < -0.4 is 0 Å². The zero-order valence-corrected chi connectivity index (χ0v) is 26.3. The molecule has 4 nitrogen and oxygen atoms in total. The normalized spacial score (nSPS) is 11.7. The summed E-state index contributed by atoms with van der Waals surface area (Å²) in [4.78, 5) is 15.2. The minimum atomic E-state index is 0.636. The Morgan fingerprint density at radius 1 is 0.327 bits per heavy atom. The van der Waals surface area contributed by atoms with Gasteiger partial charge in [-0.05, 0) is 73.8 Å².